The van der Waals surface area contributed by atoms with E-state index in [2.05, 4.69) is 5.10 Å². The molecule has 0 bridgehead atoms. The van der Waals surface area contributed by atoms with Crippen molar-refractivity contribution < 1.29 is 26.7 Å². The highest BCUT2D eigenvalue weighted by molar-refractivity contribution is 7.11. The van der Waals surface area contributed by atoms with Crippen LogP contribution in [-0.4, -0.2) is 11.6 Å². The van der Waals surface area contributed by atoms with Gasteiger partial charge in [0.15, 0.2) is 23.3 Å². The van der Waals surface area contributed by atoms with Crippen LogP contribution in [0.2, 0.25) is 0 Å². The number of hydrazone groups is 1. The van der Waals surface area contributed by atoms with Crippen molar-refractivity contribution in [2.45, 2.75) is 13.8 Å². The van der Waals surface area contributed by atoms with Crippen molar-refractivity contribution in [3.8, 4) is 0 Å². The Kier molecular flexibility index (Phi) is 4.19. The molecule has 3 rings (SSSR count). The number of nitrogens with zero attached hydrogens (tertiary/aromatic N) is 2. The highest BCUT2D eigenvalue weighted by Crippen LogP contribution is 2.34. The maximum absolute atomic E-state index is 13.9. The molecule has 0 N–H and O–H groups in total. The van der Waals surface area contributed by atoms with Gasteiger partial charge in [-0.2, -0.15) is 10.1 Å². The Bertz CT molecular complexity index is 935. The van der Waals surface area contributed by atoms with Crippen LogP contribution in [0.25, 0.3) is 6.08 Å². The quantitative estimate of drug-likeness (QED) is 0.329. The monoisotopic (exact) mass is 372 g/mol. The van der Waals surface area contributed by atoms with Gasteiger partial charge in [-0.05, 0) is 36.9 Å². The molecule has 0 unspecified atom stereocenters. The van der Waals surface area contributed by atoms with E-state index in [0.717, 1.165) is 10.4 Å². The average molecular weight is 372 g/mol. The maximum atomic E-state index is 13.9. The van der Waals surface area contributed by atoms with Crippen LogP contribution < -0.4 is 5.01 Å². The van der Waals surface area contributed by atoms with Crippen molar-refractivity contribution in [1.82, 2.24) is 0 Å². The maximum Gasteiger partial charge on any atom is 0.280 e. The highest BCUT2D eigenvalue weighted by atomic mass is 32.1. The summed E-state index contributed by atoms with van der Waals surface area (Å²) in [6.45, 7) is 3.20. The van der Waals surface area contributed by atoms with Gasteiger partial charge in [-0.3, -0.25) is 4.79 Å². The largest absolute Gasteiger partial charge is 0.280 e. The van der Waals surface area contributed by atoms with Crippen LogP contribution >= 0.6 is 11.3 Å². The van der Waals surface area contributed by atoms with E-state index in [4.69, 9.17) is 0 Å². The summed E-state index contributed by atoms with van der Waals surface area (Å²) in [5, 5.41) is 5.65. The molecule has 25 heavy (non-hydrogen) atoms. The first-order chi connectivity index (χ1) is 11.7. The van der Waals surface area contributed by atoms with Gasteiger partial charge in [-0.1, -0.05) is 0 Å². The Balaban J connectivity index is 2.12. The van der Waals surface area contributed by atoms with Gasteiger partial charge in [0.2, 0.25) is 5.82 Å². The number of amides is 1. The van der Waals surface area contributed by atoms with Crippen LogP contribution in [0.3, 0.4) is 0 Å². The molecule has 0 fully saturated rings. The second kappa shape index (κ2) is 6.07. The zero-order valence-electron chi connectivity index (χ0n) is 12.8. The Morgan fingerprint density at radius 3 is 2.08 bits per heavy atom. The fourth-order valence-corrected chi connectivity index (χ4v) is 3.14. The number of hydrogen-bond donors (Lipinski definition) is 0. The van der Waals surface area contributed by atoms with Gasteiger partial charge in [0, 0.05) is 4.88 Å². The van der Waals surface area contributed by atoms with E-state index in [1.165, 1.54) is 24.3 Å². The first kappa shape index (κ1) is 17.3. The number of rotatable bonds is 2. The smallest absolute Gasteiger partial charge is 0.267 e. The first-order valence-electron chi connectivity index (χ1n) is 6.91. The fourth-order valence-electron chi connectivity index (χ4n) is 2.28. The van der Waals surface area contributed by atoms with Gasteiger partial charge in [0.05, 0.1) is 11.3 Å². The van der Waals surface area contributed by atoms with E-state index in [-0.39, 0.29) is 16.3 Å². The van der Waals surface area contributed by atoms with Crippen molar-refractivity contribution in [1.29, 1.82) is 0 Å². The number of anilines is 1. The molecule has 0 spiro atoms. The molecule has 9 heteroatoms. The van der Waals surface area contributed by atoms with Crippen LogP contribution in [0.4, 0.5) is 27.6 Å². The lowest BCUT2D eigenvalue weighted by Gasteiger charge is -2.15. The molecule has 1 amide bonds. The van der Waals surface area contributed by atoms with Gasteiger partial charge in [-0.25, -0.2) is 22.0 Å². The molecule has 1 aromatic carbocycles. The second-order valence-corrected chi connectivity index (χ2v) is 6.19. The van der Waals surface area contributed by atoms with Crippen molar-refractivity contribution in [3.63, 3.8) is 0 Å². The van der Waals surface area contributed by atoms with Crippen LogP contribution in [0.5, 0.6) is 0 Å². The molecule has 1 aliphatic rings. The van der Waals surface area contributed by atoms with Gasteiger partial charge in [0.25, 0.3) is 5.91 Å². The van der Waals surface area contributed by atoms with E-state index in [0.29, 0.717) is 0 Å². The minimum Gasteiger partial charge on any atom is -0.267 e. The first-order valence-corrected chi connectivity index (χ1v) is 7.79. The van der Waals surface area contributed by atoms with Crippen LogP contribution in [0.15, 0.2) is 22.1 Å². The molecule has 2 aromatic rings. The summed E-state index contributed by atoms with van der Waals surface area (Å²) in [4.78, 5) is 13.2. The molecule has 0 atom stereocenters. The van der Waals surface area contributed by atoms with Crippen LogP contribution in [0, 0.1) is 36.0 Å². The normalized spacial score (nSPS) is 16.1. The van der Waals surface area contributed by atoms with Crippen molar-refractivity contribution in [2.24, 2.45) is 5.10 Å². The fraction of sp³-hybridized carbons (Fsp3) is 0.125. The van der Waals surface area contributed by atoms with Gasteiger partial charge in [-0.15, -0.1) is 11.3 Å². The molecule has 0 saturated carbocycles. The molecular formula is C16H9F5N2OS. The molecule has 130 valence electrons. The van der Waals surface area contributed by atoms with Gasteiger partial charge < -0.3 is 0 Å². The third-order valence-corrected chi connectivity index (χ3v) is 4.60. The Hall–Kier alpha value is -2.55. The molecule has 3 nitrogen and oxygen atoms in total. The van der Waals surface area contributed by atoms with Gasteiger partial charge >= 0.3 is 0 Å². The van der Waals surface area contributed by atoms with E-state index in [1.807, 2.05) is 6.07 Å². The second-order valence-electron chi connectivity index (χ2n) is 5.25. The number of benzene rings is 1. The third-order valence-electron chi connectivity index (χ3n) is 3.64. The Morgan fingerprint density at radius 2 is 1.56 bits per heavy atom. The summed E-state index contributed by atoms with van der Waals surface area (Å²) in [7, 11) is 0. The van der Waals surface area contributed by atoms with E-state index in [9.17, 15) is 26.7 Å². The van der Waals surface area contributed by atoms with Crippen LogP contribution in [0.1, 0.15) is 17.4 Å². The zero-order chi connectivity index (χ0) is 18.5. The molecule has 0 aliphatic carbocycles. The Labute approximate surface area is 142 Å². The number of halogens is 5. The van der Waals surface area contributed by atoms with Crippen molar-refractivity contribution in [2.75, 3.05) is 5.01 Å². The minimum atomic E-state index is -2.30. The number of thiophene rings is 1. The predicted octanol–water partition coefficient (Wildman–Crippen LogP) is 4.56. The average Bonchev–Trinajstić information content (AvgIpc) is 3.10. The molecule has 0 radical (unpaired) electrons. The molecule has 1 aliphatic heterocycles. The zero-order valence-corrected chi connectivity index (χ0v) is 13.6. The van der Waals surface area contributed by atoms with E-state index < -0.39 is 40.7 Å². The van der Waals surface area contributed by atoms with Crippen molar-refractivity contribution in [3.05, 3.63) is 56.5 Å². The lowest BCUT2D eigenvalue weighted by atomic mass is 10.1. The van der Waals surface area contributed by atoms with E-state index in [1.54, 1.807) is 12.3 Å². The number of carbonyl (C=O) groups excluding carboxylic acids is 1. The summed E-state index contributed by atoms with van der Waals surface area (Å²) < 4.78 is 67.7. The summed E-state index contributed by atoms with van der Waals surface area (Å²) in [5.41, 5.74) is -0.420. The summed E-state index contributed by atoms with van der Waals surface area (Å²) in [6, 6.07) is 1.81. The minimum absolute atomic E-state index is 0.00879. The SMILES string of the molecule is CC1=NN(c2c(F)c(F)c(F)c(F)c2F)C(=O)C1=Cc1sccc1C. The number of hydrogen-bond acceptors (Lipinski definition) is 3. The topological polar surface area (TPSA) is 32.7 Å². The molecule has 1 aromatic heterocycles. The van der Waals surface area contributed by atoms with E-state index >= 15 is 0 Å². The summed E-state index contributed by atoms with van der Waals surface area (Å²) >= 11 is 1.33. The third kappa shape index (κ3) is 2.64. The Morgan fingerprint density at radius 1 is 1.00 bits per heavy atom. The predicted molar refractivity (Wildman–Crippen MR) is 83.9 cm³/mol. The summed E-state index contributed by atoms with van der Waals surface area (Å²) in [6.07, 6.45) is 1.47. The number of carbonyl (C=O) groups is 1. The van der Waals surface area contributed by atoms with Gasteiger partial charge in [0.1, 0.15) is 5.69 Å². The van der Waals surface area contributed by atoms with Crippen molar-refractivity contribution >= 4 is 34.7 Å². The lowest BCUT2D eigenvalue weighted by Crippen LogP contribution is -2.25. The van der Waals surface area contributed by atoms with Crippen LogP contribution in [-0.2, 0) is 4.79 Å². The molecule has 0 saturated heterocycles. The summed E-state index contributed by atoms with van der Waals surface area (Å²) in [5.74, 6) is -11.8. The highest BCUT2D eigenvalue weighted by Gasteiger charge is 2.37. The molecule has 2 heterocycles. The lowest BCUT2D eigenvalue weighted by molar-refractivity contribution is -0.114. The standard InChI is InChI=1S/C16H9F5N2OS/c1-6-3-4-25-9(6)5-8-7(2)22-23(16(8)24)15-13(20)11(18)10(17)12(19)14(15)21/h3-5H,1-2H3. The number of aryl methyl sites for hydroxylation is 1. The molecular weight excluding hydrogens is 363 g/mol.